The highest BCUT2D eigenvalue weighted by Gasteiger charge is 2.37. The Morgan fingerprint density at radius 3 is 2.25 bits per heavy atom. The number of nitrogens with one attached hydrogen (secondary N) is 2. The van der Waals surface area contributed by atoms with Crippen molar-refractivity contribution in [3.63, 3.8) is 0 Å². The molecule has 5 rings (SSSR count). The van der Waals surface area contributed by atoms with Crippen molar-refractivity contribution in [1.82, 2.24) is 15.5 Å². The van der Waals surface area contributed by atoms with E-state index in [-0.39, 0.29) is 25.7 Å². The minimum atomic E-state index is -1.13. The molecule has 0 saturated carbocycles. The number of carbonyl (C=O) groups excluding carboxylic acids is 2. The van der Waals surface area contributed by atoms with E-state index in [0.717, 1.165) is 27.8 Å². The number of carboxylic acids is 1. The van der Waals surface area contributed by atoms with Crippen LogP contribution >= 0.6 is 0 Å². The van der Waals surface area contributed by atoms with E-state index in [1.54, 1.807) is 0 Å². The molecule has 1 aliphatic heterocycles. The van der Waals surface area contributed by atoms with E-state index >= 15 is 0 Å². The number of likely N-dealkylation sites (N-methyl/N-ethyl adjacent to an activating group) is 1. The van der Waals surface area contributed by atoms with Crippen molar-refractivity contribution >= 4 is 18.0 Å². The molecule has 1 fully saturated rings. The van der Waals surface area contributed by atoms with Gasteiger partial charge < -0.3 is 25.2 Å². The zero-order valence-corrected chi connectivity index (χ0v) is 22.3. The number of hydrogen-bond acceptors (Lipinski definition) is 6. The standard InChI is InChI=1S/C31H33N3O6/c1-34(17-20-9-3-2-4-10-20)18-27(29(35)32-26-15-16-39-28(26)30(36)37)33-31(38)40-19-25-23-13-7-5-11-21(23)22-12-6-8-14-24(22)25/h2-14,25-28H,15-19H2,1H3,(H,32,35)(H,33,38)(H,36,37)/t26-,27?,28+/m0/s1. The van der Waals surface area contributed by atoms with E-state index in [4.69, 9.17) is 9.47 Å². The molecule has 3 N–H and O–H groups in total. The lowest BCUT2D eigenvalue weighted by atomic mass is 9.98. The van der Waals surface area contributed by atoms with Crippen LogP contribution in [0.3, 0.4) is 0 Å². The van der Waals surface area contributed by atoms with Crippen molar-refractivity contribution in [3.05, 3.63) is 95.6 Å². The number of carboxylic acid groups (broad SMARTS) is 1. The van der Waals surface area contributed by atoms with Crippen molar-refractivity contribution in [1.29, 1.82) is 0 Å². The molecule has 0 aromatic heterocycles. The number of aliphatic carboxylic acids is 1. The molecular weight excluding hydrogens is 510 g/mol. The van der Waals surface area contributed by atoms with Crippen molar-refractivity contribution in [2.45, 2.75) is 37.1 Å². The summed E-state index contributed by atoms with van der Waals surface area (Å²) in [5, 5.41) is 14.9. The van der Waals surface area contributed by atoms with Gasteiger partial charge in [0.25, 0.3) is 0 Å². The Balaban J connectivity index is 1.26. The Morgan fingerprint density at radius 1 is 0.975 bits per heavy atom. The van der Waals surface area contributed by atoms with Crippen molar-refractivity contribution in [3.8, 4) is 11.1 Å². The number of fused-ring (bicyclic) bond motifs is 3. The fourth-order valence-corrected chi connectivity index (χ4v) is 5.51. The van der Waals surface area contributed by atoms with Gasteiger partial charge in [0.1, 0.15) is 12.6 Å². The van der Waals surface area contributed by atoms with E-state index in [9.17, 15) is 19.5 Å². The van der Waals surface area contributed by atoms with E-state index in [0.29, 0.717) is 13.0 Å². The largest absolute Gasteiger partial charge is 0.479 e. The van der Waals surface area contributed by atoms with Crippen LogP contribution in [-0.2, 0) is 25.6 Å². The third-order valence-corrected chi connectivity index (χ3v) is 7.40. The zero-order chi connectivity index (χ0) is 28.1. The van der Waals surface area contributed by atoms with Gasteiger partial charge >= 0.3 is 12.1 Å². The highest BCUT2D eigenvalue weighted by Crippen LogP contribution is 2.44. The smallest absolute Gasteiger partial charge is 0.407 e. The summed E-state index contributed by atoms with van der Waals surface area (Å²) in [6.07, 6.45) is -1.46. The lowest BCUT2D eigenvalue weighted by Crippen LogP contribution is -2.56. The molecule has 1 saturated heterocycles. The second-order valence-electron chi connectivity index (χ2n) is 10.2. The van der Waals surface area contributed by atoms with Gasteiger partial charge in [-0.05, 0) is 41.3 Å². The molecule has 208 valence electrons. The Kier molecular flexibility index (Phi) is 8.42. The molecule has 9 nitrogen and oxygen atoms in total. The Hall–Kier alpha value is -4.21. The summed E-state index contributed by atoms with van der Waals surface area (Å²) in [6.45, 7) is 1.10. The normalized spacial score (nSPS) is 18.6. The Bertz CT molecular complexity index is 1320. The maximum atomic E-state index is 13.3. The van der Waals surface area contributed by atoms with Crippen LogP contribution < -0.4 is 10.6 Å². The van der Waals surface area contributed by atoms with Gasteiger partial charge in [-0.25, -0.2) is 9.59 Å². The van der Waals surface area contributed by atoms with Crippen LogP contribution in [0.25, 0.3) is 11.1 Å². The number of benzene rings is 3. The number of carbonyl (C=O) groups is 3. The molecule has 0 bridgehead atoms. The molecular formula is C31H33N3O6. The number of amides is 2. The topological polar surface area (TPSA) is 117 Å². The minimum absolute atomic E-state index is 0.113. The summed E-state index contributed by atoms with van der Waals surface area (Å²) in [6, 6.07) is 24.3. The predicted octanol–water partition coefficient (Wildman–Crippen LogP) is 3.38. The highest BCUT2D eigenvalue weighted by molar-refractivity contribution is 5.87. The maximum Gasteiger partial charge on any atom is 0.407 e. The summed E-state index contributed by atoms with van der Waals surface area (Å²) < 4.78 is 10.9. The molecule has 2 aliphatic rings. The van der Waals surface area contributed by atoms with Gasteiger partial charge in [-0.2, -0.15) is 0 Å². The first kappa shape index (κ1) is 27.4. The van der Waals surface area contributed by atoms with Crippen molar-refractivity contribution < 1.29 is 29.0 Å². The van der Waals surface area contributed by atoms with Gasteiger partial charge in [0, 0.05) is 25.6 Å². The molecule has 1 heterocycles. The minimum Gasteiger partial charge on any atom is -0.479 e. The first-order chi connectivity index (χ1) is 19.4. The zero-order valence-electron chi connectivity index (χ0n) is 22.3. The Labute approximate surface area is 233 Å². The van der Waals surface area contributed by atoms with Gasteiger partial charge in [0.05, 0.1) is 6.04 Å². The summed E-state index contributed by atoms with van der Waals surface area (Å²) >= 11 is 0. The van der Waals surface area contributed by atoms with Gasteiger partial charge in [-0.15, -0.1) is 0 Å². The fraction of sp³-hybridized carbons (Fsp3) is 0.323. The van der Waals surface area contributed by atoms with Crippen LogP contribution in [0.4, 0.5) is 4.79 Å². The summed E-state index contributed by atoms with van der Waals surface area (Å²) in [4.78, 5) is 39.8. The number of ether oxygens (including phenoxy) is 2. The SMILES string of the molecule is CN(Cc1ccccc1)CC(NC(=O)OCC1c2ccccc2-c2ccccc21)C(=O)N[C@H]1CCO[C@H]1C(=O)O. The number of nitrogens with zero attached hydrogens (tertiary/aromatic N) is 1. The van der Waals surface area contributed by atoms with E-state index in [2.05, 4.69) is 22.8 Å². The molecule has 3 aromatic carbocycles. The van der Waals surface area contributed by atoms with Gasteiger partial charge in [-0.1, -0.05) is 78.9 Å². The molecule has 2 amide bonds. The summed E-state index contributed by atoms with van der Waals surface area (Å²) in [5.74, 6) is -1.74. The lowest BCUT2D eigenvalue weighted by molar-refractivity contribution is -0.148. The quantitative estimate of drug-likeness (QED) is 0.359. The molecule has 3 aromatic rings. The average molecular weight is 544 g/mol. The van der Waals surface area contributed by atoms with Crippen LogP contribution in [-0.4, -0.2) is 73.0 Å². The molecule has 9 heteroatoms. The van der Waals surface area contributed by atoms with Crippen LogP contribution in [0.5, 0.6) is 0 Å². The monoisotopic (exact) mass is 543 g/mol. The lowest BCUT2D eigenvalue weighted by Gasteiger charge is -2.26. The van der Waals surface area contributed by atoms with Crippen LogP contribution in [0.15, 0.2) is 78.9 Å². The van der Waals surface area contributed by atoms with Gasteiger partial charge in [-0.3, -0.25) is 9.69 Å². The Morgan fingerprint density at radius 2 is 1.60 bits per heavy atom. The number of hydrogen-bond donors (Lipinski definition) is 3. The molecule has 0 spiro atoms. The molecule has 3 atom stereocenters. The third kappa shape index (κ3) is 6.16. The summed E-state index contributed by atoms with van der Waals surface area (Å²) in [7, 11) is 1.85. The number of alkyl carbamates (subject to hydrolysis) is 1. The molecule has 1 aliphatic carbocycles. The van der Waals surface area contributed by atoms with E-state index in [1.165, 1.54) is 0 Å². The van der Waals surface area contributed by atoms with Crippen molar-refractivity contribution in [2.75, 3.05) is 26.8 Å². The molecule has 0 radical (unpaired) electrons. The second-order valence-corrected chi connectivity index (χ2v) is 10.2. The third-order valence-electron chi connectivity index (χ3n) is 7.40. The average Bonchev–Trinajstić information content (AvgIpc) is 3.54. The van der Waals surface area contributed by atoms with Crippen LogP contribution in [0, 0.1) is 0 Å². The van der Waals surface area contributed by atoms with Gasteiger partial charge in [0.15, 0.2) is 6.10 Å². The van der Waals surface area contributed by atoms with Crippen LogP contribution in [0.1, 0.15) is 29.0 Å². The maximum absolute atomic E-state index is 13.3. The summed E-state index contributed by atoms with van der Waals surface area (Å²) in [5.41, 5.74) is 5.49. The first-order valence-corrected chi connectivity index (χ1v) is 13.4. The molecule has 40 heavy (non-hydrogen) atoms. The van der Waals surface area contributed by atoms with Gasteiger partial charge in [0.2, 0.25) is 5.91 Å². The second kappa shape index (κ2) is 12.3. The fourth-order valence-electron chi connectivity index (χ4n) is 5.51. The first-order valence-electron chi connectivity index (χ1n) is 13.4. The predicted molar refractivity (Wildman–Crippen MR) is 149 cm³/mol. The number of rotatable bonds is 10. The van der Waals surface area contributed by atoms with E-state index in [1.807, 2.05) is 78.7 Å². The highest BCUT2D eigenvalue weighted by atomic mass is 16.5. The van der Waals surface area contributed by atoms with E-state index < -0.39 is 36.2 Å². The molecule has 1 unspecified atom stereocenters. The van der Waals surface area contributed by atoms with Crippen LogP contribution in [0.2, 0.25) is 0 Å². The van der Waals surface area contributed by atoms with Crippen molar-refractivity contribution in [2.24, 2.45) is 0 Å².